The Morgan fingerprint density at radius 3 is 2.36 bits per heavy atom. The van der Waals surface area contributed by atoms with Crippen LogP contribution in [0.5, 0.6) is 0 Å². The molecule has 1 aromatic heterocycles. The van der Waals surface area contributed by atoms with Crippen molar-refractivity contribution >= 4 is 17.3 Å². The zero-order chi connectivity index (χ0) is 17.5. The average molecular weight is 336 g/mol. The van der Waals surface area contributed by atoms with E-state index >= 15 is 0 Å². The smallest absolute Gasteiger partial charge is 0.255 e. The maximum atomic E-state index is 12.2. The Balaban J connectivity index is 1.55. The molecule has 128 valence electrons. The van der Waals surface area contributed by atoms with Crippen molar-refractivity contribution in [3.8, 4) is 0 Å². The van der Waals surface area contributed by atoms with Gasteiger partial charge in [0.25, 0.3) is 5.91 Å². The molecule has 0 fully saturated rings. The Bertz CT molecular complexity index is 810. The maximum absolute atomic E-state index is 12.2. The van der Waals surface area contributed by atoms with Crippen LogP contribution in [-0.2, 0) is 17.9 Å². The lowest BCUT2D eigenvalue weighted by Gasteiger charge is -2.07. The summed E-state index contributed by atoms with van der Waals surface area (Å²) in [6.07, 6.45) is 0. The van der Waals surface area contributed by atoms with Gasteiger partial charge in [-0.1, -0.05) is 18.2 Å². The lowest BCUT2D eigenvalue weighted by molar-refractivity contribution is 0.102. The van der Waals surface area contributed by atoms with Crippen LogP contribution in [0.3, 0.4) is 0 Å². The Kier molecular flexibility index (Phi) is 5.49. The first-order valence-corrected chi connectivity index (χ1v) is 8.01. The molecular formula is C20H20N2O3. The quantitative estimate of drug-likeness (QED) is 0.675. The number of amides is 1. The van der Waals surface area contributed by atoms with E-state index in [1.165, 1.54) is 0 Å². The van der Waals surface area contributed by atoms with Gasteiger partial charge in [-0.3, -0.25) is 4.79 Å². The number of methoxy groups -OCH3 is 1. The molecule has 0 aliphatic carbocycles. The van der Waals surface area contributed by atoms with Crippen molar-refractivity contribution in [3.05, 3.63) is 83.8 Å². The van der Waals surface area contributed by atoms with Crippen molar-refractivity contribution in [1.82, 2.24) is 0 Å². The highest BCUT2D eigenvalue weighted by atomic mass is 16.5. The number of hydrogen-bond donors (Lipinski definition) is 2. The number of furan rings is 1. The highest BCUT2D eigenvalue weighted by molar-refractivity contribution is 6.04. The molecule has 5 heteroatoms. The molecule has 3 rings (SSSR count). The van der Waals surface area contributed by atoms with Gasteiger partial charge in [-0.15, -0.1) is 0 Å². The van der Waals surface area contributed by atoms with Crippen LogP contribution in [0.4, 0.5) is 11.4 Å². The fourth-order valence-electron chi connectivity index (χ4n) is 2.39. The molecular weight excluding hydrogens is 316 g/mol. The van der Waals surface area contributed by atoms with E-state index in [1.807, 2.05) is 54.6 Å². The van der Waals surface area contributed by atoms with E-state index in [2.05, 4.69) is 10.6 Å². The number of para-hydroxylation sites is 1. The summed E-state index contributed by atoms with van der Waals surface area (Å²) in [5, 5.41) is 6.13. The van der Waals surface area contributed by atoms with E-state index in [0.717, 1.165) is 22.9 Å². The number of hydrogen-bond acceptors (Lipinski definition) is 4. The normalized spacial score (nSPS) is 10.4. The van der Waals surface area contributed by atoms with Crippen molar-refractivity contribution in [2.75, 3.05) is 17.7 Å². The molecule has 5 nitrogen and oxygen atoms in total. The molecule has 0 spiro atoms. The van der Waals surface area contributed by atoms with Crippen molar-refractivity contribution in [2.24, 2.45) is 0 Å². The van der Waals surface area contributed by atoms with Crippen LogP contribution in [0, 0.1) is 0 Å². The molecule has 0 bridgehead atoms. The van der Waals surface area contributed by atoms with Crippen LogP contribution in [0.2, 0.25) is 0 Å². The molecule has 0 radical (unpaired) electrons. The van der Waals surface area contributed by atoms with E-state index in [-0.39, 0.29) is 5.91 Å². The summed E-state index contributed by atoms with van der Waals surface area (Å²) in [5.41, 5.74) is 2.30. The molecule has 3 aromatic rings. The van der Waals surface area contributed by atoms with Crippen molar-refractivity contribution in [3.63, 3.8) is 0 Å². The largest absolute Gasteiger partial charge is 0.462 e. The molecule has 1 amide bonds. The number of carbonyl (C=O) groups excluding carboxylic acids is 1. The predicted molar refractivity (Wildman–Crippen MR) is 97.6 cm³/mol. The van der Waals surface area contributed by atoms with Crippen LogP contribution in [0.1, 0.15) is 21.9 Å². The monoisotopic (exact) mass is 336 g/mol. The van der Waals surface area contributed by atoms with Gasteiger partial charge in [0, 0.05) is 24.0 Å². The van der Waals surface area contributed by atoms with Crippen LogP contribution in [0.25, 0.3) is 0 Å². The van der Waals surface area contributed by atoms with Crippen LogP contribution >= 0.6 is 0 Å². The topological polar surface area (TPSA) is 63.5 Å². The van der Waals surface area contributed by atoms with E-state index in [0.29, 0.717) is 18.7 Å². The van der Waals surface area contributed by atoms with E-state index in [4.69, 9.17) is 9.15 Å². The minimum atomic E-state index is -0.131. The number of rotatable bonds is 7. The molecule has 0 aliphatic rings. The predicted octanol–water partition coefficient (Wildman–Crippen LogP) is 4.29. The molecule has 2 N–H and O–H groups in total. The van der Waals surface area contributed by atoms with Gasteiger partial charge >= 0.3 is 0 Å². The number of benzene rings is 2. The first kappa shape index (κ1) is 16.8. The molecule has 0 saturated heterocycles. The molecule has 25 heavy (non-hydrogen) atoms. The Hall–Kier alpha value is -3.05. The van der Waals surface area contributed by atoms with Crippen molar-refractivity contribution in [2.45, 2.75) is 13.2 Å². The van der Waals surface area contributed by atoms with E-state index in [9.17, 15) is 4.79 Å². The zero-order valence-electron chi connectivity index (χ0n) is 14.0. The first-order valence-electron chi connectivity index (χ1n) is 8.01. The summed E-state index contributed by atoms with van der Waals surface area (Å²) >= 11 is 0. The summed E-state index contributed by atoms with van der Waals surface area (Å²) in [7, 11) is 1.63. The van der Waals surface area contributed by atoms with Crippen molar-refractivity contribution in [1.29, 1.82) is 0 Å². The minimum Gasteiger partial charge on any atom is -0.462 e. The average Bonchev–Trinajstić information content (AvgIpc) is 3.09. The number of carbonyl (C=O) groups is 1. The molecule has 0 atom stereocenters. The molecule has 0 saturated carbocycles. The second-order valence-electron chi connectivity index (χ2n) is 5.55. The van der Waals surface area contributed by atoms with E-state index < -0.39 is 0 Å². The third-order valence-electron chi connectivity index (χ3n) is 3.65. The van der Waals surface area contributed by atoms with Crippen molar-refractivity contribution < 1.29 is 13.9 Å². The summed E-state index contributed by atoms with van der Waals surface area (Å²) in [4.78, 5) is 12.2. The van der Waals surface area contributed by atoms with Gasteiger partial charge in [0.2, 0.25) is 0 Å². The molecule has 1 heterocycles. The first-order chi connectivity index (χ1) is 12.2. The van der Waals surface area contributed by atoms with Gasteiger partial charge in [-0.05, 0) is 48.5 Å². The van der Waals surface area contributed by atoms with Crippen LogP contribution in [-0.4, -0.2) is 13.0 Å². The minimum absolute atomic E-state index is 0.131. The fraction of sp³-hybridized carbons (Fsp3) is 0.150. The zero-order valence-corrected chi connectivity index (χ0v) is 14.0. The Morgan fingerprint density at radius 2 is 1.64 bits per heavy atom. The highest BCUT2D eigenvalue weighted by Crippen LogP contribution is 2.15. The Morgan fingerprint density at radius 1 is 0.920 bits per heavy atom. The van der Waals surface area contributed by atoms with Gasteiger partial charge in [0.05, 0.1) is 6.54 Å². The van der Waals surface area contributed by atoms with Gasteiger partial charge in [-0.2, -0.15) is 0 Å². The summed E-state index contributed by atoms with van der Waals surface area (Å²) < 4.78 is 10.7. The molecule has 0 aliphatic heterocycles. The number of ether oxygens (including phenoxy) is 1. The summed E-state index contributed by atoms with van der Waals surface area (Å²) in [6, 6.07) is 20.5. The summed E-state index contributed by atoms with van der Waals surface area (Å²) in [6.45, 7) is 1.03. The second kappa shape index (κ2) is 8.17. The standard InChI is InChI=1S/C20H20N2O3/c1-24-14-19-12-11-18(25-19)13-21-16-9-7-15(8-10-16)20(23)22-17-5-3-2-4-6-17/h2-12,21H,13-14H2,1H3,(H,22,23). The van der Waals surface area contributed by atoms with Gasteiger partial charge < -0.3 is 19.8 Å². The SMILES string of the molecule is COCc1ccc(CNc2ccc(C(=O)Nc3ccccc3)cc2)o1. The third kappa shape index (κ3) is 4.71. The molecule has 2 aromatic carbocycles. The van der Waals surface area contributed by atoms with Gasteiger partial charge in [0.1, 0.15) is 18.1 Å². The van der Waals surface area contributed by atoms with Gasteiger partial charge in [0.15, 0.2) is 0 Å². The van der Waals surface area contributed by atoms with Gasteiger partial charge in [-0.25, -0.2) is 0 Å². The number of nitrogens with one attached hydrogen (secondary N) is 2. The lowest BCUT2D eigenvalue weighted by Crippen LogP contribution is -2.11. The Labute approximate surface area is 146 Å². The fourth-order valence-corrected chi connectivity index (χ4v) is 2.39. The summed E-state index contributed by atoms with van der Waals surface area (Å²) in [5.74, 6) is 1.50. The number of anilines is 2. The third-order valence-corrected chi connectivity index (χ3v) is 3.65. The van der Waals surface area contributed by atoms with Crippen LogP contribution in [0.15, 0.2) is 71.1 Å². The van der Waals surface area contributed by atoms with Crippen LogP contribution < -0.4 is 10.6 Å². The lowest BCUT2D eigenvalue weighted by atomic mass is 10.2. The molecule has 0 unspecified atom stereocenters. The highest BCUT2D eigenvalue weighted by Gasteiger charge is 2.06. The second-order valence-corrected chi connectivity index (χ2v) is 5.55. The van der Waals surface area contributed by atoms with E-state index in [1.54, 1.807) is 19.2 Å². The maximum Gasteiger partial charge on any atom is 0.255 e.